The predicted octanol–water partition coefficient (Wildman–Crippen LogP) is 3.80. The SMILES string of the molecule is CN(C)C1(CNc2cc(Cl)c(Cl)cc2[N+](=O)[O-])CCC1. The third-order valence-corrected chi connectivity index (χ3v) is 4.80. The number of benzene rings is 1. The van der Waals surface area contributed by atoms with Crippen LogP contribution in [0.25, 0.3) is 0 Å². The van der Waals surface area contributed by atoms with Crippen molar-refractivity contribution in [3.05, 3.63) is 32.3 Å². The molecule has 110 valence electrons. The highest BCUT2D eigenvalue weighted by atomic mass is 35.5. The van der Waals surface area contributed by atoms with Crippen molar-refractivity contribution in [3.8, 4) is 0 Å². The fourth-order valence-corrected chi connectivity index (χ4v) is 2.78. The zero-order valence-electron chi connectivity index (χ0n) is 11.4. The van der Waals surface area contributed by atoms with Gasteiger partial charge in [0.1, 0.15) is 5.69 Å². The number of halogens is 2. The molecule has 1 aromatic rings. The molecule has 0 aromatic heterocycles. The average Bonchev–Trinajstić information content (AvgIpc) is 2.30. The predicted molar refractivity (Wildman–Crippen MR) is 81.9 cm³/mol. The highest BCUT2D eigenvalue weighted by Gasteiger charge is 2.39. The second-order valence-electron chi connectivity index (χ2n) is 5.37. The number of nitrogens with one attached hydrogen (secondary N) is 1. The minimum atomic E-state index is -0.451. The number of nitro benzene ring substituents is 1. The second-order valence-corrected chi connectivity index (χ2v) is 6.18. The van der Waals surface area contributed by atoms with Crippen LogP contribution in [0.2, 0.25) is 10.0 Å². The standard InChI is InChI=1S/C13H17Cl2N3O2/c1-17(2)13(4-3-5-13)8-16-11-6-9(14)10(15)7-12(11)18(19)20/h6-7,16H,3-5,8H2,1-2H3. The monoisotopic (exact) mass is 317 g/mol. The van der Waals surface area contributed by atoms with E-state index in [0.29, 0.717) is 17.3 Å². The first-order valence-electron chi connectivity index (χ1n) is 6.40. The molecule has 1 aliphatic rings. The molecule has 5 nitrogen and oxygen atoms in total. The quantitative estimate of drug-likeness (QED) is 0.663. The Labute approximate surface area is 128 Å². The van der Waals surface area contributed by atoms with Gasteiger partial charge in [-0.1, -0.05) is 23.2 Å². The molecule has 7 heteroatoms. The van der Waals surface area contributed by atoms with Crippen molar-refractivity contribution in [2.24, 2.45) is 0 Å². The summed E-state index contributed by atoms with van der Waals surface area (Å²) in [6.07, 6.45) is 3.35. The van der Waals surface area contributed by atoms with Crippen molar-refractivity contribution >= 4 is 34.6 Å². The molecule has 0 aliphatic heterocycles. The zero-order valence-corrected chi connectivity index (χ0v) is 13.0. The first-order chi connectivity index (χ1) is 9.35. The van der Waals surface area contributed by atoms with Gasteiger partial charge >= 0.3 is 0 Å². The summed E-state index contributed by atoms with van der Waals surface area (Å²) >= 11 is 11.8. The molecular weight excluding hydrogens is 301 g/mol. The van der Waals surface area contributed by atoms with Crippen molar-refractivity contribution in [2.45, 2.75) is 24.8 Å². The van der Waals surface area contributed by atoms with Crippen molar-refractivity contribution in [3.63, 3.8) is 0 Å². The normalized spacial score (nSPS) is 16.9. The van der Waals surface area contributed by atoms with Gasteiger partial charge in [-0.05, 0) is 39.4 Å². The Hall–Kier alpha value is -1.04. The van der Waals surface area contributed by atoms with Crippen LogP contribution in [0.4, 0.5) is 11.4 Å². The highest BCUT2D eigenvalue weighted by molar-refractivity contribution is 6.42. The summed E-state index contributed by atoms with van der Waals surface area (Å²) in [4.78, 5) is 12.8. The van der Waals surface area contributed by atoms with Gasteiger partial charge in [-0.2, -0.15) is 0 Å². The molecule has 1 N–H and O–H groups in total. The molecule has 0 bridgehead atoms. The Bertz CT molecular complexity index is 531. The topological polar surface area (TPSA) is 58.4 Å². The first-order valence-corrected chi connectivity index (χ1v) is 7.16. The maximum absolute atomic E-state index is 11.1. The molecule has 0 amide bonds. The first kappa shape index (κ1) is 15.4. The van der Waals surface area contributed by atoms with E-state index in [1.807, 2.05) is 14.1 Å². The molecule has 1 saturated carbocycles. The van der Waals surface area contributed by atoms with Crippen molar-refractivity contribution < 1.29 is 4.92 Å². The fourth-order valence-electron chi connectivity index (χ4n) is 2.46. The van der Waals surface area contributed by atoms with Gasteiger partial charge in [-0.25, -0.2) is 0 Å². The Balaban J connectivity index is 2.21. The van der Waals surface area contributed by atoms with Crippen LogP contribution in [0.15, 0.2) is 12.1 Å². The Kier molecular flexibility index (Phi) is 4.42. The maximum Gasteiger partial charge on any atom is 0.293 e. The second kappa shape index (κ2) is 5.76. The summed E-state index contributed by atoms with van der Waals surface area (Å²) < 4.78 is 0. The van der Waals surface area contributed by atoms with Crippen LogP contribution in [0.1, 0.15) is 19.3 Å². The molecule has 0 spiro atoms. The molecule has 2 rings (SSSR count). The lowest BCUT2D eigenvalue weighted by Crippen LogP contribution is -2.54. The highest BCUT2D eigenvalue weighted by Crippen LogP contribution is 2.38. The minimum absolute atomic E-state index is 0.0485. The number of hydrogen-bond donors (Lipinski definition) is 1. The zero-order chi connectivity index (χ0) is 14.9. The van der Waals surface area contributed by atoms with E-state index in [2.05, 4.69) is 10.2 Å². The van der Waals surface area contributed by atoms with Crippen LogP contribution < -0.4 is 5.32 Å². The number of rotatable bonds is 5. The average molecular weight is 318 g/mol. The summed E-state index contributed by atoms with van der Waals surface area (Å²) in [6.45, 7) is 0.652. The molecule has 0 heterocycles. The van der Waals surface area contributed by atoms with E-state index in [9.17, 15) is 10.1 Å². The Morgan fingerprint density at radius 1 is 1.35 bits per heavy atom. The van der Waals surface area contributed by atoms with Crippen LogP contribution in [-0.2, 0) is 0 Å². The third-order valence-electron chi connectivity index (χ3n) is 4.08. The number of anilines is 1. The van der Waals surface area contributed by atoms with Gasteiger partial charge in [0.05, 0.1) is 15.0 Å². The summed E-state index contributed by atoms with van der Waals surface area (Å²) in [5.41, 5.74) is 0.435. The van der Waals surface area contributed by atoms with Crippen LogP contribution in [-0.4, -0.2) is 36.0 Å². The van der Waals surface area contributed by atoms with E-state index >= 15 is 0 Å². The summed E-state index contributed by atoms with van der Waals surface area (Å²) in [6, 6.07) is 2.80. The summed E-state index contributed by atoms with van der Waals surface area (Å²) in [5, 5.41) is 14.7. The summed E-state index contributed by atoms with van der Waals surface area (Å²) in [5.74, 6) is 0. The van der Waals surface area contributed by atoms with Gasteiger partial charge in [0.15, 0.2) is 0 Å². The molecule has 0 saturated heterocycles. The van der Waals surface area contributed by atoms with E-state index in [1.165, 1.54) is 18.6 Å². The molecule has 0 radical (unpaired) electrons. The van der Waals surface area contributed by atoms with Gasteiger partial charge in [-0.3, -0.25) is 10.1 Å². The van der Waals surface area contributed by atoms with Crippen LogP contribution >= 0.6 is 23.2 Å². The molecule has 0 unspecified atom stereocenters. The van der Waals surface area contributed by atoms with Crippen LogP contribution in [0.5, 0.6) is 0 Å². The Morgan fingerprint density at radius 3 is 2.40 bits per heavy atom. The number of nitro groups is 1. The number of hydrogen-bond acceptors (Lipinski definition) is 4. The van der Waals surface area contributed by atoms with Gasteiger partial charge < -0.3 is 10.2 Å². The molecule has 1 fully saturated rings. The number of likely N-dealkylation sites (N-methyl/N-ethyl adjacent to an activating group) is 1. The van der Waals surface area contributed by atoms with Crippen LogP contribution in [0, 0.1) is 10.1 Å². The Morgan fingerprint density at radius 2 is 1.95 bits per heavy atom. The van der Waals surface area contributed by atoms with E-state index in [4.69, 9.17) is 23.2 Å². The molecule has 1 aliphatic carbocycles. The van der Waals surface area contributed by atoms with Crippen molar-refractivity contribution in [2.75, 3.05) is 26.0 Å². The van der Waals surface area contributed by atoms with E-state index < -0.39 is 4.92 Å². The minimum Gasteiger partial charge on any atom is -0.378 e. The van der Waals surface area contributed by atoms with E-state index in [1.54, 1.807) is 0 Å². The van der Waals surface area contributed by atoms with E-state index in [0.717, 1.165) is 12.8 Å². The van der Waals surface area contributed by atoms with Crippen molar-refractivity contribution in [1.82, 2.24) is 4.90 Å². The van der Waals surface area contributed by atoms with Gasteiger partial charge in [0.25, 0.3) is 5.69 Å². The van der Waals surface area contributed by atoms with Gasteiger partial charge in [0.2, 0.25) is 0 Å². The van der Waals surface area contributed by atoms with Crippen LogP contribution in [0.3, 0.4) is 0 Å². The lowest BCUT2D eigenvalue weighted by atomic mass is 9.75. The lowest BCUT2D eigenvalue weighted by molar-refractivity contribution is -0.383. The van der Waals surface area contributed by atoms with Crippen molar-refractivity contribution in [1.29, 1.82) is 0 Å². The molecule has 20 heavy (non-hydrogen) atoms. The largest absolute Gasteiger partial charge is 0.378 e. The van der Waals surface area contributed by atoms with Gasteiger partial charge in [0, 0.05) is 18.2 Å². The third kappa shape index (κ3) is 2.85. The fraction of sp³-hybridized carbons (Fsp3) is 0.538. The molecular formula is C13H17Cl2N3O2. The van der Waals surface area contributed by atoms with E-state index in [-0.39, 0.29) is 16.2 Å². The smallest absolute Gasteiger partial charge is 0.293 e. The van der Waals surface area contributed by atoms with Gasteiger partial charge in [-0.15, -0.1) is 0 Å². The maximum atomic E-state index is 11.1. The molecule has 1 aromatic carbocycles. The lowest BCUT2D eigenvalue weighted by Gasteiger charge is -2.47. The molecule has 0 atom stereocenters. The summed E-state index contributed by atoms with van der Waals surface area (Å²) in [7, 11) is 4.06. The number of nitrogens with zero attached hydrogens (tertiary/aromatic N) is 2.